The number of rotatable bonds is 10. The minimum Gasteiger partial charge on any atom is -0.492 e. The standard InChI is InChI=1S/C24H27ClN2O5/c25-20-5-1-2-6-22(20)31-16-18(28)15-26-9-12-30-19-7-8-21-17(13-19)14-23(32-21)24(29)27-10-3-4-11-27/h1-2,5-8,13-14,18,26,28H,3-4,9-12,15-16H2/t18-/m0/s1. The van der Waals surface area contributed by atoms with E-state index in [1.54, 1.807) is 18.2 Å². The number of aliphatic hydroxyl groups excluding tert-OH is 1. The predicted molar refractivity (Wildman–Crippen MR) is 123 cm³/mol. The first-order chi connectivity index (χ1) is 15.6. The van der Waals surface area contributed by atoms with Crippen LogP contribution in [-0.2, 0) is 0 Å². The minimum absolute atomic E-state index is 0.0533. The van der Waals surface area contributed by atoms with Crippen molar-refractivity contribution in [1.29, 1.82) is 0 Å². The molecule has 7 nitrogen and oxygen atoms in total. The maximum Gasteiger partial charge on any atom is 0.289 e. The molecule has 1 aliphatic heterocycles. The Bertz CT molecular complexity index is 1050. The summed E-state index contributed by atoms with van der Waals surface area (Å²) in [6.45, 7) is 3.09. The van der Waals surface area contributed by atoms with E-state index in [0.717, 1.165) is 31.3 Å². The third-order valence-electron chi connectivity index (χ3n) is 5.29. The predicted octanol–water partition coefficient (Wildman–Crippen LogP) is 3.73. The monoisotopic (exact) mass is 458 g/mol. The lowest BCUT2D eigenvalue weighted by Gasteiger charge is -2.14. The fraction of sp³-hybridized carbons (Fsp3) is 0.375. The van der Waals surface area contributed by atoms with Gasteiger partial charge in [-0.15, -0.1) is 0 Å². The quantitative estimate of drug-likeness (QED) is 0.450. The number of amides is 1. The van der Waals surface area contributed by atoms with Gasteiger partial charge in [-0.05, 0) is 49.2 Å². The lowest BCUT2D eigenvalue weighted by Crippen LogP contribution is -2.33. The number of para-hydroxylation sites is 1. The SMILES string of the molecule is O=C(c1cc2cc(OCCNC[C@H](O)COc3ccccc3Cl)ccc2o1)N1CCCC1. The van der Waals surface area contributed by atoms with Crippen molar-refractivity contribution < 1.29 is 23.8 Å². The summed E-state index contributed by atoms with van der Waals surface area (Å²) in [6.07, 6.45) is 1.42. The molecule has 32 heavy (non-hydrogen) atoms. The molecular formula is C24H27ClN2O5. The number of furan rings is 1. The van der Waals surface area contributed by atoms with E-state index in [4.69, 9.17) is 25.5 Å². The van der Waals surface area contributed by atoms with Crippen LogP contribution in [0.5, 0.6) is 11.5 Å². The fourth-order valence-electron chi connectivity index (χ4n) is 3.61. The van der Waals surface area contributed by atoms with Gasteiger partial charge in [0.1, 0.15) is 36.4 Å². The van der Waals surface area contributed by atoms with E-state index < -0.39 is 6.10 Å². The highest BCUT2D eigenvalue weighted by molar-refractivity contribution is 6.32. The highest BCUT2D eigenvalue weighted by Crippen LogP contribution is 2.26. The zero-order valence-corrected chi connectivity index (χ0v) is 18.5. The lowest BCUT2D eigenvalue weighted by atomic mass is 10.2. The number of benzene rings is 2. The number of carbonyl (C=O) groups excluding carboxylic acids is 1. The van der Waals surface area contributed by atoms with Gasteiger partial charge in [0.05, 0.1) is 5.02 Å². The zero-order valence-electron chi connectivity index (χ0n) is 17.8. The highest BCUT2D eigenvalue weighted by atomic mass is 35.5. The number of ether oxygens (including phenoxy) is 2. The summed E-state index contributed by atoms with van der Waals surface area (Å²) in [7, 11) is 0. The molecule has 0 aliphatic carbocycles. The molecule has 1 aromatic heterocycles. The number of halogens is 1. The smallest absolute Gasteiger partial charge is 0.289 e. The molecular weight excluding hydrogens is 432 g/mol. The van der Waals surface area contributed by atoms with Gasteiger partial charge >= 0.3 is 0 Å². The average molecular weight is 459 g/mol. The Morgan fingerprint density at radius 3 is 2.78 bits per heavy atom. The molecule has 170 valence electrons. The normalized spacial score (nSPS) is 14.6. The second-order valence-corrected chi connectivity index (χ2v) is 8.16. The van der Waals surface area contributed by atoms with Crippen LogP contribution in [0.3, 0.4) is 0 Å². The molecule has 0 spiro atoms. The summed E-state index contributed by atoms with van der Waals surface area (Å²) < 4.78 is 17.0. The van der Waals surface area contributed by atoms with E-state index in [0.29, 0.717) is 47.6 Å². The summed E-state index contributed by atoms with van der Waals surface area (Å²) in [5.41, 5.74) is 0.666. The first kappa shape index (κ1) is 22.5. The van der Waals surface area contributed by atoms with Crippen LogP contribution in [0, 0.1) is 0 Å². The highest BCUT2D eigenvalue weighted by Gasteiger charge is 2.22. The van der Waals surface area contributed by atoms with Gasteiger partial charge in [-0.1, -0.05) is 23.7 Å². The van der Waals surface area contributed by atoms with Crippen LogP contribution >= 0.6 is 11.6 Å². The van der Waals surface area contributed by atoms with Crippen molar-refractivity contribution in [3.8, 4) is 11.5 Å². The molecule has 0 unspecified atom stereocenters. The number of aliphatic hydroxyl groups is 1. The van der Waals surface area contributed by atoms with Crippen LogP contribution < -0.4 is 14.8 Å². The summed E-state index contributed by atoms with van der Waals surface area (Å²) in [5.74, 6) is 1.57. The molecule has 4 rings (SSSR count). The molecule has 1 saturated heterocycles. The molecule has 1 aliphatic rings. The van der Waals surface area contributed by atoms with Crippen molar-refractivity contribution in [2.24, 2.45) is 0 Å². The topological polar surface area (TPSA) is 84.2 Å². The van der Waals surface area contributed by atoms with E-state index in [1.807, 2.05) is 35.2 Å². The maximum atomic E-state index is 12.5. The van der Waals surface area contributed by atoms with Gasteiger partial charge in [0, 0.05) is 31.6 Å². The fourth-order valence-corrected chi connectivity index (χ4v) is 3.80. The van der Waals surface area contributed by atoms with Crippen LogP contribution in [0.15, 0.2) is 52.9 Å². The Morgan fingerprint density at radius 1 is 1.16 bits per heavy atom. The second-order valence-electron chi connectivity index (χ2n) is 7.76. The summed E-state index contributed by atoms with van der Waals surface area (Å²) >= 11 is 6.03. The summed E-state index contributed by atoms with van der Waals surface area (Å²) in [5, 5.41) is 14.5. The zero-order chi connectivity index (χ0) is 22.3. The van der Waals surface area contributed by atoms with Gasteiger partial charge in [-0.3, -0.25) is 4.79 Å². The van der Waals surface area contributed by atoms with E-state index >= 15 is 0 Å². The van der Waals surface area contributed by atoms with Gasteiger partial charge in [0.2, 0.25) is 0 Å². The summed E-state index contributed by atoms with van der Waals surface area (Å²) in [6, 6.07) is 14.4. The number of likely N-dealkylation sites (tertiary alicyclic amines) is 1. The van der Waals surface area contributed by atoms with Crippen LogP contribution in [0.1, 0.15) is 23.4 Å². The lowest BCUT2D eigenvalue weighted by molar-refractivity contribution is 0.0763. The van der Waals surface area contributed by atoms with Crippen molar-refractivity contribution in [3.05, 3.63) is 59.3 Å². The maximum absolute atomic E-state index is 12.5. The van der Waals surface area contributed by atoms with Crippen molar-refractivity contribution in [3.63, 3.8) is 0 Å². The molecule has 3 aromatic rings. The third-order valence-corrected chi connectivity index (χ3v) is 5.60. The van der Waals surface area contributed by atoms with Crippen LogP contribution in [0.2, 0.25) is 5.02 Å². The van der Waals surface area contributed by atoms with Crippen molar-refractivity contribution in [2.75, 3.05) is 39.4 Å². The first-order valence-electron chi connectivity index (χ1n) is 10.8. The van der Waals surface area contributed by atoms with Crippen LogP contribution in [0.4, 0.5) is 0 Å². The molecule has 0 saturated carbocycles. The Balaban J connectivity index is 1.19. The molecule has 2 N–H and O–H groups in total. The number of hydrogen-bond acceptors (Lipinski definition) is 6. The number of nitrogens with one attached hydrogen (secondary N) is 1. The van der Waals surface area contributed by atoms with Crippen molar-refractivity contribution >= 4 is 28.5 Å². The van der Waals surface area contributed by atoms with Crippen LogP contribution in [0.25, 0.3) is 11.0 Å². The van der Waals surface area contributed by atoms with E-state index in [9.17, 15) is 9.90 Å². The van der Waals surface area contributed by atoms with E-state index in [-0.39, 0.29) is 12.5 Å². The van der Waals surface area contributed by atoms with E-state index in [1.165, 1.54) is 0 Å². The van der Waals surface area contributed by atoms with Gasteiger partial charge in [-0.25, -0.2) is 0 Å². The average Bonchev–Trinajstić information content (AvgIpc) is 3.48. The summed E-state index contributed by atoms with van der Waals surface area (Å²) in [4.78, 5) is 14.3. The Labute approximate surface area is 191 Å². The number of fused-ring (bicyclic) bond motifs is 1. The number of hydrogen-bond donors (Lipinski definition) is 2. The largest absolute Gasteiger partial charge is 0.492 e. The molecule has 1 fully saturated rings. The first-order valence-corrected chi connectivity index (χ1v) is 11.2. The molecule has 0 radical (unpaired) electrons. The molecule has 2 aromatic carbocycles. The minimum atomic E-state index is -0.667. The van der Waals surface area contributed by atoms with Gasteiger partial charge in [0.25, 0.3) is 5.91 Å². The third kappa shape index (κ3) is 5.73. The van der Waals surface area contributed by atoms with Gasteiger partial charge in [-0.2, -0.15) is 0 Å². The molecule has 1 atom stereocenters. The van der Waals surface area contributed by atoms with Crippen molar-refractivity contribution in [1.82, 2.24) is 10.2 Å². The van der Waals surface area contributed by atoms with Gasteiger partial charge < -0.3 is 29.2 Å². The Kier molecular flexibility index (Phi) is 7.52. The Morgan fingerprint density at radius 2 is 1.97 bits per heavy atom. The van der Waals surface area contributed by atoms with Gasteiger partial charge in [0.15, 0.2) is 5.76 Å². The molecule has 8 heteroatoms. The Hall–Kier alpha value is -2.74. The second kappa shape index (κ2) is 10.7. The number of nitrogens with zero attached hydrogens (tertiary/aromatic N) is 1. The molecule has 1 amide bonds. The molecule has 0 bridgehead atoms. The number of carbonyl (C=O) groups is 1. The molecule has 2 heterocycles. The van der Waals surface area contributed by atoms with Crippen LogP contribution in [-0.4, -0.2) is 61.4 Å². The van der Waals surface area contributed by atoms with E-state index in [2.05, 4.69) is 5.32 Å². The van der Waals surface area contributed by atoms with Crippen molar-refractivity contribution in [2.45, 2.75) is 18.9 Å².